The number of nitrogens with zero attached hydrogens (tertiary/aromatic N) is 3. The summed E-state index contributed by atoms with van der Waals surface area (Å²) in [6, 6.07) is 4.08. The van der Waals surface area contributed by atoms with Crippen molar-refractivity contribution in [1.82, 2.24) is 4.90 Å². The molecule has 0 radical (unpaired) electrons. The van der Waals surface area contributed by atoms with E-state index in [-0.39, 0.29) is 0 Å². The molecule has 0 atom stereocenters. The van der Waals surface area contributed by atoms with Crippen LogP contribution < -0.4 is 0 Å². The lowest BCUT2D eigenvalue weighted by molar-refractivity contribution is 0.0801. The molecule has 0 fully saturated rings. The monoisotopic (exact) mass is 239 g/mol. The third kappa shape index (κ3) is 11.1. The molecule has 5 nitrogen and oxygen atoms in total. The van der Waals surface area contributed by atoms with Crippen LogP contribution in [0.15, 0.2) is 0 Å². The molecule has 0 heterocycles. The molecule has 96 valence electrons. The summed E-state index contributed by atoms with van der Waals surface area (Å²) in [5.41, 5.74) is 0. The standard InChI is InChI=1S/C12H21N3O2/c1-2-15(7-11-16-9-3-5-13)8-12-17-10-4-6-14/h2-4,7-12H2,1H3. The summed E-state index contributed by atoms with van der Waals surface area (Å²) in [4.78, 5) is 2.22. The molecule has 0 aromatic carbocycles. The molecular formula is C12H21N3O2. The number of likely N-dealkylation sites (N-methyl/N-ethyl adjacent to an activating group) is 1. The van der Waals surface area contributed by atoms with E-state index in [9.17, 15) is 0 Å². The lowest BCUT2D eigenvalue weighted by Gasteiger charge is -2.19. The molecule has 0 aromatic rings. The zero-order valence-electron chi connectivity index (χ0n) is 10.5. The summed E-state index contributed by atoms with van der Waals surface area (Å²) in [6.45, 7) is 7.04. The number of rotatable bonds is 11. The quantitative estimate of drug-likeness (QED) is 0.506. The zero-order valence-corrected chi connectivity index (χ0v) is 10.5. The van der Waals surface area contributed by atoms with Crippen LogP contribution in [0.3, 0.4) is 0 Å². The Kier molecular flexibility index (Phi) is 12.1. The van der Waals surface area contributed by atoms with Crippen LogP contribution in [0.25, 0.3) is 0 Å². The van der Waals surface area contributed by atoms with Crippen molar-refractivity contribution in [2.24, 2.45) is 0 Å². The van der Waals surface area contributed by atoms with Crippen molar-refractivity contribution >= 4 is 0 Å². The van der Waals surface area contributed by atoms with Gasteiger partial charge >= 0.3 is 0 Å². The smallest absolute Gasteiger partial charge is 0.0645 e. The Labute approximate surface area is 104 Å². The maximum atomic E-state index is 8.33. The highest BCUT2D eigenvalue weighted by Crippen LogP contribution is 1.90. The van der Waals surface area contributed by atoms with E-state index in [4.69, 9.17) is 20.0 Å². The van der Waals surface area contributed by atoms with Crippen LogP contribution in [-0.4, -0.2) is 51.0 Å². The van der Waals surface area contributed by atoms with Crippen LogP contribution in [0, 0.1) is 22.7 Å². The molecule has 0 saturated heterocycles. The predicted molar refractivity (Wildman–Crippen MR) is 64.2 cm³/mol. The van der Waals surface area contributed by atoms with E-state index in [1.54, 1.807) is 0 Å². The van der Waals surface area contributed by atoms with Crippen molar-refractivity contribution in [2.45, 2.75) is 19.8 Å². The number of ether oxygens (including phenoxy) is 2. The van der Waals surface area contributed by atoms with Crippen molar-refractivity contribution in [1.29, 1.82) is 10.5 Å². The highest BCUT2D eigenvalue weighted by atomic mass is 16.5. The zero-order chi connectivity index (χ0) is 12.8. The fourth-order valence-corrected chi connectivity index (χ4v) is 1.26. The molecule has 0 N–H and O–H groups in total. The Morgan fingerprint density at radius 1 is 0.882 bits per heavy atom. The average Bonchev–Trinajstić information content (AvgIpc) is 2.36. The van der Waals surface area contributed by atoms with Crippen molar-refractivity contribution in [3.8, 4) is 12.1 Å². The van der Waals surface area contributed by atoms with Gasteiger partial charge in [-0.25, -0.2) is 0 Å². The van der Waals surface area contributed by atoms with Gasteiger partial charge in [0.2, 0.25) is 0 Å². The highest BCUT2D eigenvalue weighted by Gasteiger charge is 2.01. The Balaban J connectivity index is 3.37. The number of hydrogen-bond donors (Lipinski definition) is 0. The summed E-state index contributed by atoms with van der Waals surface area (Å²) >= 11 is 0. The molecule has 0 aliphatic heterocycles. The second-order valence-electron chi connectivity index (χ2n) is 3.48. The molecule has 0 aliphatic carbocycles. The van der Waals surface area contributed by atoms with Crippen LogP contribution in [0.2, 0.25) is 0 Å². The van der Waals surface area contributed by atoms with Crippen LogP contribution in [0.4, 0.5) is 0 Å². The van der Waals surface area contributed by atoms with Gasteiger partial charge < -0.3 is 9.47 Å². The van der Waals surface area contributed by atoms with E-state index in [1.807, 2.05) is 12.1 Å². The largest absolute Gasteiger partial charge is 0.379 e. The van der Waals surface area contributed by atoms with Crippen molar-refractivity contribution < 1.29 is 9.47 Å². The Morgan fingerprint density at radius 2 is 1.35 bits per heavy atom. The van der Waals surface area contributed by atoms with Crippen LogP contribution in [-0.2, 0) is 9.47 Å². The first kappa shape index (κ1) is 15.9. The molecular weight excluding hydrogens is 218 g/mol. The van der Waals surface area contributed by atoms with E-state index < -0.39 is 0 Å². The maximum absolute atomic E-state index is 8.33. The first-order valence-corrected chi connectivity index (χ1v) is 5.96. The minimum absolute atomic E-state index is 0.448. The first-order chi connectivity index (χ1) is 8.35. The lowest BCUT2D eigenvalue weighted by Crippen LogP contribution is -2.31. The van der Waals surface area contributed by atoms with Crippen molar-refractivity contribution in [3.63, 3.8) is 0 Å². The van der Waals surface area contributed by atoms with E-state index in [0.29, 0.717) is 39.3 Å². The van der Waals surface area contributed by atoms with Gasteiger partial charge in [0.25, 0.3) is 0 Å². The van der Waals surface area contributed by atoms with E-state index >= 15 is 0 Å². The molecule has 0 unspecified atom stereocenters. The van der Waals surface area contributed by atoms with Crippen molar-refractivity contribution in [3.05, 3.63) is 0 Å². The summed E-state index contributed by atoms with van der Waals surface area (Å²) in [5, 5.41) is 16.7. The lowest BCUT2D eigenvalue weighted by atomic mass is 10.4. The third-order valence-corrected chi connectivity index (χ3v) is 2.27. The molecule has 0 saturated carbocycles. The van der Waals surface area contributed by atoms with Gasteiger partial charge in [0, 0.05) is 13.1 Å². The van der Waals surface area contributed by atoms with Crippen LogP contribution in [0.1, 0.15) is 19.8 Å². The second-order valence-corrected chi connectivity index (χ2v) is 3.48. The second kappa shape index (κ2) is 12.9. The van der Waals surface area contributed by atoms with Gasteiger partial charge in [0.15, 0.2) is 0 Å². The summed E-state index contributed by atoms with van der Waals surface area (Å²) in [5.74, 6) is 0. The van der Waals surface area contributed by atoms with E-state index in [2.05, 4.69) is 11.8 Å². The van der Waals surface area contributed by atoms with Gasteiger partial charge in [0.1, 0.15) is 0 Å². The first-order valence-electron chi connectivity index (χ1n) is 5.96. The summed E-state index contributed by atoms with van der Waals surface area (Å²) in [7, 11) is 0. The summed E-state index contributed by atoms with van der Waals surface area (Å²) in [6.07, 6.45) is 0.896. The average molecular weight is 239 g/mol. The highest BCUT2D eigenvalue weighted by molar-refractivity contribution is 4.68. The molecule has 5 heteroatoms. The Bertz CT molecular complexity index is 221. The van der Waals surface area contributed by atoms with Gasteiger partial charge in [-0.15, -0.1) is 0 Å². The van der Waals surface area contributed by atoms with Gasteiger partial charge in [-0.1, -0.05) is 6.92 Å². The van der Waals surface area contributed by atoms with Gasteiger partial charge in [-0.3, -0.25) is 4.90 Å². The fourth-order valence-electron chi connectivity index (χ4n) is 1.26. The van der Waals surface area contributed by atoms with Gasteiger partial charge in [-0.05, 0) is 6.54 Å². The predicted octanol–water partition coefficient (Wildman–Crippen LogP) is 1.17. The van der Waals surface area contributed by atoms with Crippen LogP contribution in [0.5, 0.6) is 0 Å². The topological polar surface area (TPSA) is 69.3 Å². The molecule has 0 aromatic heterocycles. The normalized spacial score (nSPS) is 10.1. The Hall–Kier alpha value is -1.14. The summed E-state index contributed by atoms with van der Waals surface area (Å²) < 4.78 is 10.6. The molecule has 17 heavy (non-hydrogen) atoms. The van der Waals surface area contributed by atoms with Gasteiger partial charge in [-0.2, -0.15) is 10.5 Å². The molecule has 0 amide bonds. The van der Waals surface area contributed by atoms with Gasteiger partial charge in [0.05, 0.1) is 51.4 Å². The third-order valence-electron chi connectivity index (χ3n) is 2.27. The maximum Gasteiger partial charge on any atom is 0.0645 e. The van der Waals surface area contributed by atoms with Crippen molar-refractivity contribution in [2.75, 3.05) is 46.1 Å². The Morgan fingerprint density at radius 3 is 1.71 bits per heavy atom. The van der Waals surface area contributed by atoms with Crippen LogP contribution >= 0.6 is 0 Å². The minimum Gasteiger partial charge on any atom is -0.379 e. The van der Waals surface area contributed by atoms with E-state index in [0.717, 1.165) is 19.6 Å². The minimum atomic E-state index is 0.448. The van der Waals surface area contributed by atoms with E-state index in [1.165, 1.54) is 0 Å². The molecule has 0 aliphatic rings. The molecule has 0 rings (SSSR count). The SMILES string of the molecule is CCN(CCOCCC#N)CCOCCC#N. The number of hydrogen-bond acceptors (Lipinski definition) is 5. The number of nitriles is 2. The molecule has 0 bridgehead atoms. The molecule has 0 spiro atoms. The fraction of sp³-hybridized carbons (Fsp3) is 0.833.